The maximum Gasteiger partial charge on any atom is 0.338 e. The molecule has 0 unspecified atom stereocenters. The number of hydrogen-bond donors (Lipinski definition) is 1. The molecule has 0 spiro atoms. The van der Waals surface area contributed by atoms with Gasteiger partial charge in [-0.05, 0) is 19.1 Å². The molecular formula is C10H11NO3S. The van der Waals surface area contributed by atoms with Crippen LogP contribution in [0.2, 0.25) is 0 Å². The van der Waals surface area contributed by atoms with Crippen LogP contribution in [-0.4, -0.2) is 34.5 Å². The lowest BCUT2D eigenvalue weighted by atomic mass is 10.2. The average Bonchev–Trinajstić information content (AvgIpc) is 2.11. The predicted octanol–water partition coefficient (Wildman–Crippen LogP) is 1.58. The molecule has 1 aromatic rings. The van der Waals surface area contributed by atoms with Crippen molar-refractivity contribution in [3.8, 4) is 0 Å². The van der Waals surface area contributed by atoms with Gasteiger partial charge in [-0.1, -0.05) is 11.8 Å². The summed E-state index contributed by atoms with van der Waals surface area (Å²) in [5, 5.41) is 9.91. The number of pyridine rings is 1. The number of aryl methyl sites for hydroxylation is 1. The Labute approximate surface area is 91.7 Å². The third-order valence-corrected chi connectivity index (χ3v) is 3.26. The molecule has 1 N–H and O–H groups in total. The van der Waals surface area contributed by atoms with Crippen molar-refractivity contribution in [3.05, 3.63) is 23.4 Å². The number of rotatable bonds is 3. The zero-order valence-electron chi connectivity index (χ0n) is 8.27. The molecule has 4 nitrogen and oxygen atoms in total. The summed E-state index contributed by atoms with van der Waals surface area (Å²) in [6, 6.07) is 3.32. The van der Waals surface area contributed by atoms with Crippen LogP contribution in [0.25, 0.3) is 0 Å². The number of aromatic carboxylic acids is 1. The highest BCUT2D eigenvalue weighted by Gasteiger charge is 2.23. The minimum Gasteiger partial charge on any atom is -0.478 e. The van der Waals surface area contributed by atoms with E-state index in [-0.39, 0.29) is 5.56 Å². The Kier molecular flexibility index (Phi) is 2.93. The highest BCUT2D eigenvalue weighted by atomic mass is 32.2. The number of thioether (sulfide) groups is 1. The zero-order valence-corrected chi connectivity index (χ0v) is 9.08. The van der Waals surface area contributed by atoms with Crippen molar-refractivity contribution < 1.29 is 14.6 Å². The van der Waals surface area contributed by atoms with Gasteiger partial charge in [-0.2, -0.15) is 0 Å². The van der Waals surface area contributed by atoms with Gasteiger partial charge in [-0.15, -0.1) is 0 Å². The van der Waals surface area contributed by atoms with Gasteiger partial charge in [-0.25, -0.2) is 9.78 Å². The van der Waals surface area contributed by atoms with Gasteiger partial charge >= 0.3 is 5.97 Å². The minimum absolute atomic E-state index is 0.275. The summed E-state index contributed by atoms with van der Waals surface area (Å²) in [6.07, 6.45) is 0. The number of hydrogen-bond acceptors (Lipinski definition) is 4. The molecule has 2 heterocycles. The van der Waals surface area contributed by atoms with Crippen LogP contribution in [0, 0.1) is 6.92 Å². The molecule has 0 radical (unpaired) electrons. The van der Waals surface area contributed by atoms with E-state index in [2.05, 4.69) is 4.98 Å². The van der Waals surface area contributed by atoms with Crippen molar-refractivity contribution in [1.82, 2.24) is 4.98 Å². The van der Waals surface area contributed by atoms with Gasteiger partial charge in [0.1, 0.15) is 5.03 Å². The van der Waals surface area contributed by atoms with Crippen molar-refractivity contribution in [3.63, 3.8) is 0 Å². The normalized spacial score (nSPS) is 16.1. The summed E-state index contributed by atoms with van der Waals surface area (Å²) < 4.78 is 5.04. The fourth-order valence-electron chi connectivity index (χ4n) is 1.23. The molecule has 15 heavy (non-hydrogen) atoms. The molecule has 1 aliphatic heterocycles. The summed E-state index contributed by atoms with van der Waals surface area (Å²) in [5.74, 6) is -0.926. The standard InChI is InChI=1S/C10H11NO3S/c1-6-2-3-8(10(12)13)9(11-6)15-7-4-14-5-7/h2-3,7H,4-5H2,1H3,(H,12,13). The van der Waals surface area contributed by atoms with E-state index in [4.69, 9.17) is 9.84 Å². The molecule has 1 aliphatic rings. The Morgan fingerprint density at radius 1 is 1.60 bits per heavy atom. The van der Waals surface area contributed by atoms with Crippen molar-refractivity contribution >= 4 is 17.7 Å². The van der Waals surface area contributed by atoms with Crippen LogP contribution >= 0.6 is 11.8 Å². The van der Waals surface area contributed by atoms with E-state index in [1.54, 1.807) is 12.1 Å². The second kappa shape index (κ2) is 4.20. The van der Waals surface area contributed by atoms with E-state index in [1.165, 1.54) is 11.8 Å². The van der Waals surface area contributed by atoms with Crippen LogP contribution in [0.1, 0.15) is 16.1 Å². The Hall–Kier alpha value is -1.07. The van der Waals surface area contributed by atoms with Gasteiger partial charge in [0.05, 0.1) is 24.0 Å². The molecule has 1 aromatic heterocycles. The first-order valence-corrected chi connectivity index (χ1v) is 5.50. The summed E-state index contributed by atoms with van der Waals surface area (Å²) in [6.45, 7) is 3.21. The van der Waals surface area contributed by atoms with Crippen LogP contribution in [0.4, 0.5) is 0 Å². The van der Waals surface area contributed by atoms with E-state index < -0.39 is 5.97 Å². The quantitative estimate of drug-likeness (QED) is 0.846. The first-order valence-electron chi connectivity index (χ1n) is 4.62. The van der Waals surface area contributed by atoms with Gasteiger partial charge in [-0.3, -0.25) is 0 Å². The third-order valence-electron chi connectivity index (χ3n) is 2.12. The molecule has 0 aliphatic carbocycles. The SMILES string of the molecule is Cc1ccc(C(=O)O)c(SC2COC2)n1. The van der Waals surface area contributed by atoms with Gasteiger partial charge < -0.3 is 9.84 Å². The van der Waals surface area contributed by atoms with Crippen molar-refractivity contribution in [2.45, 2.75) is 17.2 Å². The molecule has 2 rings (SSSR count). The Morgan fingerprint density at radius 2 is 2.33 bits per heavy atom. The summed E-state index contributed by atoms with van der Waals surface area (Å²) in [4.78, 5) is 15.2. The van der Waals surface area contributed by atoms with Crippen molar-refractivity contribution in [2.24, 2.45) is 0 Å². The van der Waals surface area contributed by atoms with Crippen molar-refractivity contribution in [1.29, 1.82) is 0 Å². The number of carbonyl (C=O) groups is 1. The first-order chi connectivity index (χ1) is 7.16. The number of carboxylic acids is 1. The van der Waals surface area contributed by atoms with Gasteiger partial charge in [0.25, 0.3) is 0 Å². The summed E-state index contributed by atoms with van der Waals surface area (Å²) in [5.41, 5.74) is 1.11. The smallest absolute Gasteiger partial charge is 0.338 e. The number of nitrogens with zero attached hydrogens (tertiary/aromatic N) is 1. The Bertz CT molecular complexity index is 390. The van der Waals surface area contributed by atoms with Crippen LogP contribution in [-0.2, 0) is 4.74 Å². The molecule has 0 aromatic carbocycles. The zero-order chi connectivity index (χ0) is 10.8. The Balaban J connectivity index is 2.24. The highest BCUT2D eigenvalue weighted by molar-refractivity contribution is 8.00. The topological polar surface area (TPSA) is 59.4 Å². The second-order valence-electron chi connectivity index (χ2n) is 3.39. The van der Waals surface area contributed by atoms with E-state index in [9.17, 15) is 4.79 Å². The van der Waals surface area contributed by atoms with E-state index in [1.807, 2.05) is 6.92 Å². The predicted molar refractivity (Wildman–Crippen MR) is 56.4 cm³/mol. The van der Waals surface area contributed by atoms with Gasteiger partial charge in [0, 0.05) is 5.69 Å². The first kappa shape index (κ1) is 10.4. The highest BCUT2D eigenvalue weighted by Crippen LogP contribution is 2.29. The molecule has 0 amide bonds. The second-order valence-corrected chi connectivity index (χ2v) is 4.68. The largest absolute Gasteiger partial charge is 0.478 e. The lowest BCUT2D eigenvalue weighted by Gasteiger charge is -2.25. The molecule has 0 bridgehead atoms. The average molecular weight is 225 g/mol. The molecule has 1 saturated heterocycles. The maximum absolute atomic E-state index is 10.9. The van der Waals surface area contributed by atoms with E-state index in [0.717, 1.165) is 5.69 Å². The number of ether oxygens (including phenoxy) is 1. The van der Waals surface area contributed by atoms with E-state index >= 15 is 0 Å². The van der Waals surface area contributed by atoms with Gasteiger partial charge in [0.15, 0.2) is 0 Å². The fourth-order valence-corrected chi connectivity index (χ4v) is 2.35. The van der Waals surface area contributed by atoms with Crippen molar-refractivity contribution in [2.75, 3.05) is 13.2 Å². The summed E-state index contributed by atoms with van der Waals surface area (Å²) >= 11 is 1.48. The Morgan fingerprint density at radius 3 is 2.87 bits per heavy atom. The monoisotopic (exact) mass is 225 g/mol. The molecule has 1 fully saturated rings. The number of aromatic nitrogens is 1. The molecule has 5 heteroatoms. The molecule has 80 valence electrons. The molecule has 0 saturated carbocycles. The van der Waals surface area contributed by atoms with Crippen LogP contribution in [0.5, 0.6) is 0 Å². The van der Waals surface area contributed by atoms with Crippen LogP contribution in [0.15, 0.2) is 17.2 Å². The lowest BCUT2D eigenvalue weighted by Crippen LogP contribution is -2.30. The van der Waals surface area contributed by atoms with Crippen LogP contribution in [0.3, 0.4) is 0 Å². The molecular weight excluding hydrogens is 214 g/mol. The third kappa shape index (κ3) is 2.30. The number of carboxylic acid groups (broad SMARTS) is 1. The fraction of sp³-hybridized carbons (Fsp3) is 0.400. The minimum atomic E-state index is -0.926. The summed E-state index contributed by atoms with van der Waals surface area (Å²) in [7, 11) is 0. The van der Waals surface area contributed by atoms with E-state index in [0.29, 0.717) is 23.5 Å². The molecule has 0 atom stereocenters. The lowest BCUT2D eigenvalue weighted by molar-refractivity contribution is 0.0454. The van der Waals surface area contributed by atoms with Gasteiger partial charge in [0.2, 0.25) is 0 Å². The maximum atomic E-state index is 10.9. The van der Waals surface area contributed by atoms with Crippen LogP contribution < -0.4 is 0 Å².